The number of hydrogen-bond donors (Lipinski definition) is 1. The minimum atomic E-state index is 0.149. The van der Waals surface area contributed by atoms with Crippen molar-refractivity contribution >= 4 is 0 Å². The molecule has 1 heteroatoms. The molecule has 0 aliphatic heterocycles. The Morgan fingerprint density at radius 1 is 1.31 bits per heavy atom. The van der Waals surface area contributed by atoms with Gasteiger partial charge >= 0.3 is 0 Å². The van der Waals surface area contributed by atoms with Gasteiger partial charge in [-0.15, -0.1) is 0 Å². The van der Waals surface area contributed by atoms with E-state index in [0.717, 1.165) is 12.8 Å². The van der Waals surface area contributed by atoms with Crippen LogP contribution in [0.2, 0.25) is 0 Å². The summed E-state index contributed by atoms with van der Waals surface area (Å²) in [4.78, 5) is 0. The van der Waals surface area contributed by atoms with Crippen molar-refractivity contribution in [1.29, 1.82) is 0 Å². The van der Waals surface area contributed by atoms with Crippen molar-refractivity contribution in [2.75, 3.05) is 6.61 Å². The van der Waals surface area contributed by atoms with Gasteiger partial charge in [0.15, 0.2) is 0 Å². The van der Waals surface area contributed by atoms with E-state index in [4.69, 9.17) is 5.11 Å². The fourth-order valence-corrected chi connectivity index (χ4v) is 1.33. The van der Waals surface area contributed by atoms with Crippen molar-refractivity contribution < 1.29 is 5.11 Å². The van der Waals surface area contributed by atoms with Gasteiger partial charge in [-0.1, -0.05) is 48.9 Å². The first kappa shape index (κ1) is 10.0. The summed E-state index contributed by atoms with van der Waals surface area (Å²) in [6.07, 6.45) is 3.86. The number of aliphatic hydroxyl groups is 1. The topological polar surface area (TPSA) is 20.2 Å². The summed E-state index contributed by atoms with van der Waals surface area (Å²) in [6, 6.07) is 10.3. The maximum Gasteiger partial charge on any atom is 0.0615 e. The van der Waals surface area contributed by atoms with Crippen molar-refractivity contribution in [1.82, 2.24) is 0 Å². The third kappa shape index (κ3) is 3.43. The standard InChI is InChI=1S/C12H16O/c1-2-11(8-9-13)10-12-6-4-3-5-7-12/h3-8,13H,2,9-10H2,1H3/b11-8+. The van der Waals surface area contributed by atoms with Crippen molar-refractivity contribution in [3.8, 4) is 0 Å². The number of allylic oxidation sites excluding steroid dienone is 1. The third-order valence-electron chi connectivity index (χ3n) is 2.11. The molecule has 0 fully saturated rings. The summed E-state index contributed by atoms with van der Waals surface area (Å²) in [5.41, 5.74) is 2.61. The number of rotatable bonds is 4. The van der Waals surface area contributed by atoms with Crippen LogP contribution in [0.15, 0.2) is 42.0 Å². The van der Waals surface area contributed by atoms with Crippen LogP contribution in [-0.4, -0.2) is 11.7 Å². The second-order valence-electron chi connectivity index (χ2n) is 3.06. The number of benzene rings is 1. The average molecular weight is 176 g/mol. The van der Waals surface area contributed by atoms with Crippen LogP contribution in [0, 0.1) is 0 Å². The Kier molecular flexibility index (Phi) is 4.27. The van der Waals surface area contributed by atoms with Gasteiger partial charge in [0, 0.05) is 0 Å². The minimum Gasteiger partial charge on any atom is -0.392 e. The summed E-state index contributed by atoms with van der Waals surface area (Å²) in [5, 5.41) is 8.77. The minimum absolute atomic E-state index is 0.149. The highest BCUT2D eigenvalue weighted by Crippen LogP contribution is 2.10. The van der Waals surface area contributed by atoms with Crippen LogP contribution >= 0.6 is 0 Å². The van der Waals surface area contributed by atoms with Gasteiger partial charge in [-0.2, -0.15) is 0 Å². The highest BCUT2D eigenvalue weighted by molar-refractivity contribution is 5.21. The first-order chi connectivity index (χ1) is 6.36. The molecule has 0 heterocycles. The Morgan fingerprint density at radius 2 is 2.00 bits per heavy atom. The second kappa shape index (κ2) is 5.55. The molecule has 0 unspecified atom stereocenters. The van der Waals surface area contributed by atoms with Crippen molar-refractivity contribution in [3.05, 3.63) is 47.5 Å². The molecule has 0 aromatic heterocycles. The van der Waals surface area contributed by atoms with Crippen LogP contribution in [0.5, 0.6) is 0 Å². The molecule has 1 nitrogen and oxygen atoms in total. The zero-order valence-corrected chi connectivity index (χ0v) is 8.03. The molecule has 1 rings (SSSR count). The maximum atomic E-state index is 8.77. The van der Waals surface area contributed by atoms with Crippen molar-refractivity contribution in [3.63, 3.8) is 0 Å². The lowest BCUT2D eigenvalue weighted by molar-refractivity contribution is 0.341. The average Bonchev–Trinajstić information content (AvgIpc) is 2.19. The molecule has 0 saturated heterocycles. The molecule has 0 aliphatic rings. The Labute approximate surface area is 79.7 Å². The maximum absolute atomic E-state index is 8.77. The van der Waals surface area contributed by atoms with Gasteiger partial charge in [0.05, 0.1) is 6.61 Å². The normalized spacial score (nSPS) is 11.7. The monoisotopic (exact) mass is 176 g/mol. The SMILES string of the molecule is CC/C(=C\CO)Cc1ccccc1. The molecular formula is C12H16O. The summed E-state index contributed by atoms with van der Waals surface area (Å²) in [6.45, 7) is 2.26. The van der Waals surface area contributed by atoms with E-state index < -0.39 is 0 Å². The molecule has 0 atom stereocenters. The summed E-state index contributed by atoms with van der Waals surface area (Å²) < 4.78 is 0. The summed E-state index contributed by atoms with van der Waals surface area (Å²) in [5.74, 6) is 0. The first-order valence-electron chi connectivity index (χ1n) is 4.69. The van der Waals surface area contributed by atoms with E-state index in [1.807, 2.05) is 24.3 Å². The molecule has 70 valence electrons. The quantitative estimate of drug-likeness (QED) is 0.699. The third-order valence-corrected chi connectivity index (χ3v) is 2.11. The van der Waals surface area contributed by atoms with Gasteiger partial charge in [0.25, 0.3) is 0 Å². The molecule has 13 heavy (non-hydrogen) atoms. The first-order valence-corrected chi connectivity index (χ1v) is 4.69. The van der Waals surface area contributed by atoms with E-state index in [1.54, 1.807) is 0 Å². The van der Waals surface area contributed by atoms with Gasteiger partial charge in [-0.3, -0.25) is 0 Å². The Balaban J connectivity index is 2.62. The van der Waals surface area contributed by atoms with E-state index in [-0.39, 0.29) is 6.61 Å². The van der Waals surface area contributed by atoms with Gasteiger partial charge < -0.3 is 5.11 Å². The zero-order chi connectivity index (χ0) is 9.52. The highest BCUT2D eigenvalue weighted by Gasteiger charge is 1.95. The Hall–Kier alpha value is -1.08. The van der Waals surface area contributed by atoms with Crippen LogP contribution in [0.1, 0.15) is 18.9 Å². The van der Waals surface area contributed by atoms with Crippen molar-refractivity contribution in [2.24, 2.45) is 0 Å². The molecule has 0 aliphatic carbocycles. The lowest BCUT2D eigenvalue weighted by Crippen LogP contribution is -1.90. The Bertz CT molecular complexity index is 262. The van der Waals surface area contributed by atoms with E-state index in [9.17, 15) is 0 Å². The fraction of sp³-hybridized carbons (Fsp3) is 0.333. The van der Waals surface area contributed by atoms with Crippen LogP contribution in [0.4, 0.5) is 0 Å². The molecular weight excluding hydrogens is 160 g/mol. The van der Waals surface area contributed by atoms with Crippen LogP contribution in [0.3, 0.4) is 0 Å². The predicted octanol–water partition coefficient (Wildman–Crippen LogP) is 2.56. The highest BCUT2D eigenvalue weighted by atomic mass is 16.2. The molecule has 1 aromatic carbocycles. The summed E-state index contributed by atoms with van der Waals surface area (Å²) >= 11 is 0. The van der Waals surface area contributed by atoms with Gasteiger partial charge in [-0.25, -0.2) is 0 Å². The smallest absolute Gasteiger partial charge is 0.0615 e. The molecule has 0 spiro atoms. The predicted molar refractivity (Wildman–Crippen MR) is 55.6 cm³/mol. The van der Waals surface area contributed by atoms with Gasteiger partial charge in [-0.05, 0) is 18.4 Å². The molecule has 1 aromatic rings. The fourth-order valence-electron chi connectivity index (χ4n) is 1.33. The Morgan fingerprint density at radius 3 is 2.54 bits per heavy atom. The largest absolute Gasteiger partial charge is 0.392 e. The lowest BCUT2D eigenvalue weighted by Gasteiger charge is -2.03. The van der Waals surface area contributed by atoms with Crippen LogP contribution in [-0.2, 0) is 6.42 Å². The van der Waals surface area contributed by atoms with E-state index in [2.05, 4.69) is 19.1 Å². The molecule has 0 bridgehead atoms. The van der Waals surface area contributed by atoms with Gasteiger partial charge in [0.1, 0.15) is 0 Å². The second-order valence-corrected chi connectivity index (χ2v) is 3.06. The molecule has 0 amide bonds. The van der Waals surface area contributed by atoms with Crippen LogP contribution < -0.4 is 0 Å². The van der Waals surface area contributed by atoms with Crippen LogP contribution in [0.25, 0.3) is 0 Å². The lowest BCUT2D eigenvalue weighted by atomic mass is 10.0. The van der Waals surface area contributed by atoms with Gasteiger partial charge in [0.2, 0.25) is 0 Å². The van der Waals surface area contributed by atoms with E-state index in [1.165, 1.54) is 11.1 Å². The van der Waals surface area contributed by atoms with E-state index >= 15 is 0 Å². The molecule has 0 radical (unpaired) electrons. The van der Waals surface area contributed by atoms with Crippen molar-refractivity contribution in [2.45, 2.75) is 19.8 Å². The van der Waals surface area contributed by atoms with E-state index in [0.29, 0.717) is 0 Å². The zero-order valence-electron chi connectivity index (χ0n) is 8.03. The summed E-state index contributed by atoms with van der Waals surface area (Å²) in [7, 11) is 0. The number of aliphatic hydroxyl groups excluding tert-OH is 1. The molecule has 1 N–H and O–H groups in total. The number of hydrogen-bond acceptors (Lipinski definition) is 1. The molecule has 0 saturated carbocycles.